The highest BCUT2D eigenvalue weighted by Gasteiger charge is 2.25. The zero-order valence-electron chi connectivity index (χ0n) is 17.1. The minimum absolute atomic E-state index is 0.0617. The van der Waals surface area contributed by atoms with E-state index in [1.807, 2.05) is 53.5 Å². The van der Waals surface area contributed by atoms with Crippen molar-refractivity contribution in [3.8, 4) is 0 Å². The van der Waals surface area contributed by atoms with Crippen LogP contribution in [-0.4, -0.2) is 28.9 Å². The van der Waals surface area contributed by atoms with Crippen LogP contribution in [0.25, 0.3) is 12.2 Å². The van der Waals surface area contributed by atoms with Gasteiger partial charge in [-0.25, -0.2) is 0 Å². The monoisotopic (exact) mass is 397 g/mol. The minimum atomic E-state index is 0.0617. The van der Waals surface area contributed by atoms with Crippen molar-refractivity contribution in [1.29, 1.82) is 0 Å². The lowest BCUT2D eigenvalue weighted by Gasteiger charge is -2.32. The second-order valence-corrected chi connectivity index (χ2v) is 7.77. The van der Waals surface area contributed by atoms with Crippen molar-refractivity contribution in [1.82, 2.24) is 9.88 Å². The summed E-state index contributed by atoms with van der Waals surface area (Å²) >= 11 is 0. The average Bonchev–Trinajstić information content (AvgIpc) is 2.83. The molecule has 1 aromatic heterocycles. The van der Waals surface area contributed by atoms with Crippen molar-refractivity contribution in [3.63, 3.8) is 0 Å². The number of nitrogens with zero attached hydrogens (tertiary/aromatic N) is 2. The smallest absolute Gasteiger partial charge is 0.255 e. The van der Waals surface area contributed by atoms with Crippen molar-refractivity contribution in [2.45, 2.75) is 25.3 Å². The molecule has 1 aliphatic heterocycles. The third-order valence-electron chi connectivity index (χ3n) is 5.71. The van der Waals surface area contributed by atoms with E-state index in [9.17, 15) is 4.79 Å². The molecule has 2 heterocycles. The summed E-state index contributed by atoms with van der Waals surface area (Å²) in [5.74, 6) is 0.547. The number of carbonyl (C=O) groups excluding carboxylic acids is 1. The second kappa shape index (κ2) is 9.51. The van der Waals surface area contributed by atoms with Crippen LogP contribution < -0.4 is 5.73 Å². The van der Waals surface area contributed by atoms with Crippen LogP contribution in [0.3, 0.4) is 0 Å². The maximum absolute atomic E-state index is 13.0. The Morgan fingerprint density at radius 1 is 0.967 bits per heavy atom. The largest absolute Gasteiger partial charge is 0.339 e. The van der Waals surface area contributed by atoms with Crippen molar-refractivity contribution in [2.75, 3.05) is 13.1 Å². The zero-order valence-corrected chi connectivity index (χ0v) is 17.1. The number of hydrogen-bond acceptors (Lipinski definition) is 3. The van der Waals surface area contributed by atoms with E-state index in [0.29, 0.717) is 18.0 Å². The number of piperidine rings is 1. The zero-order chi connectivity index (χ0) is 20.8. The van der Waals surface area contributed by atoms with Crippen LogP contribution >= 0.6 is 0 Å². The Kier molecular flexibility index (Phi) is 6.35. The Balaban J connectivity index is 1.40. The summed E-state index contributed by atoms with van der Waals surface area (Å²) < 4.78 is 0. The van der Waals surface area contributed by atoms with Gasteiger partial charge in [0.25, 0.3) is 5.91 Å². The molecule has 1 saturated heterocycles. The fourth-order valence-electron chi connectivity index (χ4n) is 3.99. The Hall–Kier alpha value is -3.24. The maximum atomic E-state index is 13.0. The molecule has 30 heavy (non-hydrogen) atoms. The third kappa shape index (κ3) is 4.84. The molecule has 4 nitrogen and oxygen atoms in total. The van der Waals surface area contributed by atoms with E-state index in [2.05, 4.69) is 29.2 Å². The number of benzene rings is 2. The molecule has 1 aliphatic rings. The second-order valence-electron chi connectivity index (χ2n) is 7.77. The molecular formula is C26H27N3O. The minimum Gasteiger partial charge on any atom is -0.339 e. The molecule has 0 saturated carbocycles. The summed E-state index contributed by atoms with van der Waals surface area (Å²) in [7, 11) is 0. The van der Waals surface area contributed by atoms with Crippen molar-refractivity contribution in [3.05, 3.63) is 101 Å². The highest BCUT2D eigenvalue weighted by molar-refractivity contribution is 5.94. The Bertz CT molecular complexity index is 1020. The molecule has 0 radical (unpaired) electrons. The van der Waals surface area contributed by atoms with Crippen LogP contribution in [-0.2, 0) is 6.54 Å². The standard InChI is InChI=1S/C26H27N3O/c27-17-21-7-4-8-24(15-21)23-11-13-29(14-12-23)26(30)25-16-22(18-28-19-25)10-9-20-5-2-1-3-6-20/h1-10,15-16,18-19,23H,11-14,17,27H2. The normalized spacial score (nSPS) is 14.9. The molecule has 4 rings (SSSR count). The number of rotatable bonds is 5. The van der Waals surface area contributed by atoms with E-state index in [1.165, 1.54) is 5.56 Å². The topological polar surface area (TPSA) is 59.2 Å². The van der Waals surface area contributed by atoms with Crippen LogP contribution in [0.5, 0.6) is 0 Å². The Morgan fingerprint density at radius 3 is 2.50 bits per heavy atom. The van der Waals surface area contributed by atoms with Gasteiger partial charge in [-0.1, -0.05) is 66.7 Å². The molecule has 4 heteroatoms. The lowest BCUT2D eigenvalue weighted by Crippen LogP contribution is -2.38. The first-order valence-electron chi connectivity index (χ1n) is 10.5. The van der Waals surface area contributed by atoms with E-state index in [-0.39, 0.29) is 5.91 Å². The summed E-state index contributed by atoms with van der Waals surface area (Å²) in [6.07, 6.45) is 9.43. The van der Waals surface area contributed by atoms with E-state index in [1.54, 1.807) is 12.4 Å². The van der Waals surface area contributed by atoms with Crippen LogP contribution in [0.4, 0.5) is 0 Å². The number of amides is 1. The van der Waals surface area contributed by atoms with Gasteiger partial charge in [-0.3, -0.25) is 9.78 Å². The van der Waals surface area contributed by atoms with Gasteiger partial charge in [-0.2, -0.15) is 0 Å². The van der Waals surface area contributed by atoms with Gasteiger partial charge < -0.3 is 10.6 Å². The van der Waals surface area contributed by atoms with Gasteiger partial charge in [0.1, 0.15) is 0 Å². The lowest BCUT2D eigenvalue weighted by molar-refractivity contribution is 0.0712. The molecule has 152 valence electrons. The first-order valence-corrected chi connectivity index (χ1v) is 10.5. The quantitative estimate of drug-likeness (QED) is 0.677. The molecule has 0 aliphatic carbocycles. The molecule has 2 aromatic carbocycles. The molecule has 0 atom stereocenters. The van der Waals surface area contributed by atoms with E-state index >= 15 is 0 Å². The van der Waals surface area contributed by atoms with Crippen LogP contribution in [0.2, 0.25) is 0 Å². The number of hydrogen-bond donors (Lipinski definition) is 1. The Labute approximate surface area is 178 Å². The highest BCUT2D eigenvalue weighted by atomic mass is 16.2. The van der Waals surface area contributed by atoms with Crippen molar-refractivity contribution >= 4 is 18.1 Å². The molecule has 0 spiro atoms. The fourth-order valence-corrected chi connectivity index (χ4v) is 3.99. The number of likely N-dealkylation sites (tertiary alicyclic amines) is 1. The predicted octanol–water partition coefficient (Wildman–Crippen LogP) is 4.73. The summed E-state index contributed by atoms with van der Waals surface area (Å²) in [6, 6.07) is 20.5. The van der Waals surface area contributed by atoms with Crippen LogP contribution in [0.15, 0.2) is 73.1 Å². The number of nitrogens with two attached hydrogens (primary N) is 1. The van der Waals surface area contributed by atoms with Gasteiger partial charge in [0, 0.05) is 32.0 Å². The van der Waals surface area contributed by atoms with Gasteiger partial charge in [0.15, 0.2) is 0 Å². The predicted molar refractivity (Wildman–Crippen MR) is 122 cm³/mol. The van der Waals surface area contributed by atoms with Crippen molar-refractivity contribution in [2.24, 2.45) is 5.73 Å². The van der Waals surface area contributed by atoms with Gasteiger partial charge in [0.05, 0.1) is 5.56 Å². The van der Waals surface area contributed by atoms with Crippen molar-refractivity contribution < 1.29 is 4.79 Å². The van der Waals surface area contributed by atoms with Gasteiger partial charge in [-0.05, 0) is 47.1 Å². The summed E-state index contributed by atoms with van der Waals surface area (Å²) in [6.45, 7) is 2.09. The van der Waals surface area contributed by atoms with Crippen LogP contribution in [0, 0.1) is 0 Å². The first kappa shape index (κ1) is 20.0. The van der Waals surface area contributed by atoms with Gasteiger partial charge in [0.2, 0.25) is 0 Å². The molecule has 2 N–H and O–H groups in total. The molecule has 3 aromatic rings. The van der Waals surface area contributed by atoms with Gasteiger partial charge in [-0.15, -0.1) is 0 Å². The van der Waals surface area contributed by atoms with E-state index in [4.69, 9.17) is 5.73 Å². The average molecular weight is 398 g/mol. The summed E-state index contributed by atoms with van der Waals surface area (Å²) in [5, 5.41) is 0. The Morgan fingerprint density at radius 2 is 1.73 bits per heavy atom. The molecule has 1 amide bonds. The SMILES string of the molecule is NCc1cccc(C2CCN(C(=O)c3cncc(C=Cc4ccccc4)c3)CC2)c1. The molecule has 0 bridgehead atoms. The molecule has 1 fully saturated rings. The van der Waals surface area contributed by atoms with E-state index in [0.717, 1.165) is 42.6 Å². The highest BCUT2D eigenvalue weighted by Crippen LogP contribution is 2.29. The molecule has 0 unspecified atom stereocenters. The summed E-state index contributed by atoms with van der Waals surface area (Å²) in [4.78, 5) is 19.2. The van der Waals surface area contributed by atoms with E-state index < -0.39 is 0 Å². The first-order chi connectivity index (χ1) is 14.7. The maximum Gasteiger partial charge on any atom is 0.255 e. The number of carbonyl (C=O) groups is 1. The fraction of sp³-hybridized carbons (Fsp3) is 0.231. The summed E-state index contributed by atoms with van der Waals surface area (Å²) in [5.41, 5.74) is 11.0. The third-order valence-corrected chi connectivity index (χ3v) is 5.71. The number of aromatic nitrogens is 1. The molecular weight excluding hydrogens is 370 g/mol. The lowest BCUT2D eigenvalue weighted by atomic mass is 9.88. The number of pyridine rings is 1. The van der Waals surface area contributed by atoms with Gasteiger partial charge >= 0.3 is 0 Å². The van der Waals surface area contributed by atoms with Crippen LogP contribution in [0.1, 0.15) is 51.4 Å².